The molecule has 0 aromatic heterocycles. The minimum atomic E-state index is -4.74. The normalized spacial score (nSPS) is 16.6. The van der Waals surface area contributed by atoms with Gasteiger partial charge < -0.3 is 15.0 Å². The molecule has 1 aliphatic heterocycles. The molecule has 2 amide bonds. The van der Waals surface area contributed by atoms with E-state index in [4.69, 9.17) is 0 Å². The van der Waals surface area contributed by atoms with Crippen molar-refractivity contribution in [2.24, 2.45) is 5.92 Å². The second kappa shape index (κ2) is 9.65. The lowest BCUT2D eigenvalue weighted by Crippen LogP contribution is -2.32. The lowest BCUT2D eigenvalue weighted by Gasteiger charge is -2.17. The van der Waals surface area contributed by atoms with Gasteiger partial charge in [0.2, 0.25) is 11.8 Å². The van der Waals surface area contributed by atoms with Crippen molar-refractivity contribution in [2.45, 2.75) is 25.6 Å². The Kier molecular flexibility index (Phi) is 6.97. The molecule has 0 saturated carbocycles. The van der Waals surface area contributed by atoms with Gasteiger partial charge in [0.15, 0.2) is 0 Å². The number of carbonyl (C=O) groups excluding carboxylic acids is 2. The summed E-state index contributed by atoms with van der Waals surface area (Å²) in [5.41, 5.74) is 1.75. The van der Waals surface area contributed by atoms with Gasteiger partial charge in [0, 0.05) is 32.0 Å². The Morgan fingerprint density at radius 2 is 1.77 bits per heavy atom. The van der Waals surface area contributed by atoms with Crippen LogP contribution in [0.4, 0.5) is 13.2 Å². The van der Waals surface area contributed by atoms with Gasteiger partial charge in [-0.1, -0.05) is 42.5 Å². The summed E-state index contributed by atoms with van der Waals surface area (Å²) in [5, 5.41) is 2.81. The number of halogens is 3. The first-order valence-electron chi connectivity index (χ1n) is 9.71. The first-order chi connectivity index (χ1) is 14.3. The van der Waals surface area contributed by atoms with Gasteiger partial charge in [0.1, 0.15) is 5.75 Å². The summed E-state index contributed by atoms with van der Waals surface area (Å²) < 4.78 is 40.3. The summed E-state index contributed by atoms with van der Waals surface area (Å²) in [6, 6.07) is 15.1. The van der Waals surface area contributed by atoms with Gasteiger partial charge in [-0.25, -0.2) is 0 Å². The van der Waals surface area contributed by atoms with Gasteiger partial charge in [-0.3, -0.25) is 9.59 Å². The Morgan fingerprint density at radius 3 is 2.43 bits per heavy atom. The van der Waals surface area contributed by atoms with Crippen molar-refractivity contribution in [1.29, 1.82) is 0 Å². The van der Waals surface area contributed by atoms with Gasteiger partial charge in [-0.05, 0) is 29.7 Å². The largest absolute Gasteiger partial charge is 0.573 e. The summed E-state index contributed by atoms with van der Waals surface area (Å²) in [4.78, 5) is 26.2. The van der Waals surface area contributed by atoms with Crippen LogP contribution < -0.4 is 10.1 Å². The van der Waals surface area contributed by atoms with Crippen molar-refractivity contribution in [3.8, 4) is 5.75 Å². The van der Waals surface area contributed by atoms with E-state index in [1.807, 2.05) is 35.2 Å². The number of hydrogen-bond acceptors (Lipinski definition) is 3. The molecule has 1 heterocycles. The summed E-state index contributed by atoms with van der Waals surface area (Å²) >= 11 is 0. The maximum absolute atomic E-state index is 12.2. The highest BCUT2D eigenvalue weighted by molar-refractivity contribution is 5.80. The van der Waals surface area contributed by atoms with E-state index in [0.29, 0.717) is 31.6 Å². The second-order valence-electron chi connectivity index (χ2n) is 7.32. The number of rotatable bonds is 8. The van der Waals surface area contributed by atoms with Crippen LogP contribution in [0.1, 0.15) is 17.5 Å². The topological polar surface area (TPSA) is 58.6 Å². The predicted molar refractivity (Wildman–Crippen MR) is 105 cm³/mol. The highest BCUT2D eigenvalue weighted by Gasteiger charge is 2.31. The monoisotopic (exact) mass is 420 g/mol. The highest BCUT2D eigenvalue weighted by Crippen LogP contribution is 2.23. The molecule has 0 spiro atoms. The number of amides is 2. The summed E-state index contributed by atoms with van der Waals surface area (Å²) in [7, 11) is 0. The Bertz CT molecular complexity index is 854. The van der Waals surface area contributed by atoms with E-state index in [2.05, 4.69) is 10.1 Å². The van der Waals surface area contributed by atoms with Crippen molar-refractivity contribution >= 4 is 11.8 Å². The second-order valence-corrected chi connectivity index (χ2v) is 7.32. The van der Waals surface area contributed by atoms with E-state index < -0.39 is 6.36 Å². The number of ether oxygens (including phenoxy) is 1. The zero-order valence-electron chi connectivity index (χ0n) is 16.3. The first kappa shape index (κ1) is 21.7. The van der Waals surface area contributed by atoms with Gasteiger partial charge >= 0.3 is 6.36 Å². The van der Waals surface area contributed by atoms with Gasteiger partial charge in [0.05, 0.1) is 6.42 Å². The lowest BCUT2D eigenvalue weighted by atomic mass is 10.1. The molecule has 0 unspecified atom stereocenters. The molecule has 3 rings (SSSR count). The van der Waals surface area contributed by atoms with E-state index in [1.165, 1.54) is 29.8 Å². The number of likely N-dealkylation sites (tertiary alicyclic amines) is 1. The summed E-state index contributed by atoms with van der Waals surface area (Å²) in [6.45, 7) is 1.65. The molecule has 1 aliphatic rings. The Labute approximate surface area is 172 Å². The summed E-state index contributed by atoms with van der Waals surface area (Å²) in [6.07, 6.45) is -3.50. The van der Waals surface area contributed by atoms with Gasteiger partial charge in [0.25, 0.3) is 0 Å². The van der Waals surface area contributed by atoms with Crippen molar-refractivity contribution in [2.75, 3.05) is 19.6 Å². The fourth-order valence-corrected chi connectivity index (χ4v) is 3.43. The Hall–Kier alpha value is -3.03. The van der Waals surface area contributed by atoms with Crippen LogP contribution >= 0.6 is 0 Å². The molecule has 2 aromatic rings. The fourth-order valence-electron chi connectivity index (χ4n) is 3.43. The standard InChI is InChI=1S/C22H23F3N2O3/c23-22(24,25)30-19-8-6-17(7-9-19)12-20(28)26-14-18-13-21(29)27(15-18)11-10-16-4-2-1-3-5-16/h1-9,18H,10-15H2,(H,26,28)/t18-/m0/s1. The third-order valence-electron chi connectivity index (χ3n) is 4.92. The molecule has 0 aliphatic carbocycles. The van der Waals surface area contributed by atoms with Crippen molar-refractivity contribution in [1.82, 2.24) is 10.2 Å². The molecule has 0 bridgehead atoms. The quantitative estimate of drug-likeness (QED) is 0.713. The van der Waals surface area contributed by atoms with Crippen molar-refractivity contribution < 1.29 is 27.5 Å². The Balaban J connectivity index is 1.40. The summed E-state index contributed by atoms with van der Waals surface area (Å²) in [5.74, 6) is -0.424. The maximum atomic E-state index is 12.2. The number of hydrogen-bond donors (Lipinski definition) is 1. The lowest BCUT2D eigenvalue weighted by molar-refractivity contribution is -0.274. The molecule has 1 fully saturated rings. The molecule has 1 atom stereocenters. The molecular formula is C22H23F3N2O3. The molecule has 1 saturated heterocycles. The van der Waals surface area contributed by atoms with Crippen LogP contribution in [0.25, 0.3) is 0 Å². The molecule has 1 N–H and O–H groups in total. The zero-order chi connectivity index (χ0) is 21.6. The van der Waals surface area contributed by atoms with Gasteiger partial charge in [-0.15, -0.1) is 13.2 Å². The van der Waals surface area contributed by atoms with Crippen LogP contribution in [-0.2, 0) is 22.4 Å². The number of benzene rings is 2. The average Bonchev–Trinajstić information content (AvgIpc) is 3.06. The average molecular weight is 420 g/mol. The fraction of sp³-hybridized carbons (Fsp3) is 0.364. The van der Waals surface area contributed by atoms with E-state index in [9.17, 15) is 22.8 Å². The van der Waals surface area contributed by atoms with E-state index >= 15 is 0 Å². The predicted octanol–water partition coefficient (Wildman–Crippen LogP) is 3.34. The van der Waals surface area contributed by atoms with E-state index in [0.717, 1.165) is 6.42 Å². The molecule has 160 valence electrons. The molecule has 30 heavy (non-hydrogen) atoms. The van der Waals surface area contributed by atoms with Crippen LogP contribution in [0.2, 0.25) is 0 Å². The number of alkyl halides is 3. The van der Waals surface area contributed by atoms with Crippen LogP contribution in [-0.4, -0.2) is 42.7 Å². The maximum Gasteiger partial charge on any atom is 0.573 e. The third kappa shape index (κ3) is 6.79. The number of nitrogens with zero attached hydrogens (tertiary/aromatic N) is 1. The van der Waals surface area contributed by atoms with Crippen molar-refractivity contribution in [3.63, 3.8) is 0 Å². The smallest absolute Gasteiger partial charge is 0.406 e. The highest BCUT2D eigenvalue weighted by atomic mass is 19.4. The van der Waals surface area contributed by atoms with E-state index in [1.54, 1.807) is 0 Å². The molecule has 5 nitrogen and oxygen atoms in total. The Morgan fingerprint density at radius 1 is 1.07 bits per heavy atom. The zero-order valence-corrected chi connectivity index (χ0v) is 16.3. The van der Waals surface area contributed by atoms with Crippen LogP contribution in [0, 0.1) is 5.92 Å². The SMILES string of the molecule is O=C(Cc1ccc(OC(F)(F)F)cc1)NC[C@@H]1CC(=O)N(CCc2ccccc2)C1. The minimum absolute atomic E-state index is 0.0463. The minimum Gasteiger partial charge on any atom is -0.406 e. The molecular weight excluding hydrogens is 397 g/mol. The number of nitrogens with one attached hydrogen (secondary N) is 1. The van der Waals surface area contributed by atoms with Gasteiger partial charge in [-0.2, -0.15) is 0 Å². The molecule has 8 heteroatoms. The molecule has 2 aromatic carbocycles. The van der Waals surface area contributed by atoms with Crippen LogP contribution in [0.15, 0.2) is 54.6 Å². The van der Waals surface area contributed by atoms with Crippen molar-refractivity contribution in [3.05, 3.63) is 65.7 Å². The molecule has 0 radical (unpaired) electrons. The third-order valence-corrected chi connectivity index (χ3v) is 4.92. The number of carbonyl (C=O) groups is 2. The van der Waals surface area contributed by atoms with Crippen LogP contribution in [0.3, 0.4) is 0 Å². The first-order valence-corrected chi connectivity index (χ1v) is 9.71. The van der Waals surface area contributed by atoms with Crippen LogP contribution in [0.5, 0.6) is 5.75 Å². The van der Waals surface area contributed by atoms with E-state index in [-0.39, 0.29) is 29.9 Å².